The standard InChI is InChI=1S/C14H18N2S/c1-4-15-8-13-9-17-14(16-13)12-6-10(2)5-11(3)7-12/h5-7,9,15H,4,8H2,1-3H3. The highest BCUT2D eigenvalue weighted by molar-refractivity contribution is 7.13. The molecule has 0 unspecified atom stereocenters. The van der Waals surface area contributed by atoms with Crippen LogP contribution in [0, 0.1) is 13.8 Å². The molecule has 1 aromatic heterocycles. The molecular weight excluding hydrogens is 228 g/mol. The fraction of sp³-hybridized carbons (Fsp3) is 0.357. The maximum atomic E-state index is 4.66. The number of thiazole rings is 1. The summed E-state index contributed by atoms with van der Waals surface area (Å²) in [4.78, 5) is 4.66. The van der Waals surface area contributed by atoms with Gasteiger partial charge in [0.25, 0.3) is 0 Å². The Hall–Kier alpha value is -1.19. The maximum absolute atomic E-state index is 4.66. The van der Waals surface area contributed by atoms with E-state index in [-0.39, 0.29) is 0 Å². The van der Waals surface area contributed by atoms with Crippen LogP contribution in [0.4, 0.5) is 0 Å². The van der Waals surface area contributed by atoms with Crippen molar-refractivity contribution in [1.29, 1.82) is 0 Å². The van der Waals surface area contributed by atoms with Crippen molar-refractivity contribution in [3.8, 4) is 10.6 Å². The predicted molar refractivity (Wildman–Crippen MR) is 74.4 cm³/mol. The van der Waals surface area contributed by atoms with Crippen molar-refractivity contribution < 1.29 is 0 Å². The van der Waals surface area contributed by atoms with Gasteiger partial charge >= 0.3 is 0 Å². The highest BCUT2D eigenvalue weighted by Crippen LogP contribution is 2.25. The van der Waals surface area contributed by atoms with Gasteiger partial charge < -0.3 is 5.32 Å². The molecule has 2 nitrogen and oxygen atoms in total. The third kappa shape index (κ3) is 3.14. The lowest BCUT2D eigenvalue weighted by atomic mass is 10.1. The van der Waals surface area contributed by atoms with E-state index >= 15 is 0 Å². The number of aryl methyl sites for hydroxylation is 2. The largest absolute Gasteiger partial charge is 0.311 e. The van der Waals surface area contributed by atoms with Gasteiger partial charge in [-0.3, -0.25) is 0 Å². The minimum Gasteiger partial charge on any atom is -0.311 e. The Morgan fingerprint density at radius 2 is 1.88 bits per heavy atom. The molecule has 90 valence electrons. The SMILES string of the molecule is CCNCc1csc(-c2cc(C)cc(C)c2)n1. The molecule has 0 atom stereocenters. The molecule has 0 spiro atoms. The van der Waals surface area contributed by atoms with E-state index < -0.39 is 0 Å². The molecule has 2 rings (SSSR count). The molecule has 0 radical (unpaired) electrons. The molecule has 0 aliphatic heterocycles. The average Bonchev–Trinajstić information content (AvgIpc) is 2.73. The van der Waals surface area contributed by atoms with Crippen LogP contribution in [0.3, 0.4) is 0 Å². The first kappa shape index (κ1) is 12.3. The van der Waals surface area contributed by atoms with E-state index in [1.165, 1.54) is 16.7 Å². The Balaban J connectivity index is 2.24. The van der Waals surface area contributed by atoms with E-state index in [4.69, 9.17) is 0 Å². The number of hydrogen-bond acceptors (Lipinski definition) is 3. The van der Waals surface area contributed by atoms with Crippen LogP contribution in [0.1, 0.15) is 23.7 Å². The molecule has 0 saturated heterocycles. The van der Waals surface area contributed by atoms with Crippen LogP contribution < -0.4 is 5.32 Å². The van der Waals surface area contributed by atoms with Crippen LogP contribution in [0.15, 0.2) is 23.6 Å². The van der Waals surface area contributed by atoms with Crippen LogP contribution in [-0.4, -0.2) is 11.5 Å². The monoisotopic (exact) mass is 246 g/mol. The first-order chi connectivity index (χ1) is 8.19. The van der Waals surface area contributed by atoms with Gasteiger partial charge in [-0.25, -0.2) is 4.98 Å². The second-order valence-electron chi connectivity index (χ2n) is 4.30. The quantitative estimate of drug-likeness (QED) is 0.892. The number of nitrogens with zero attached hydrogens (tertiary/aromatic N) is 1. The molecule has 17 heavy (non-hydrogen) atoms. The summed E-state index contributed by atoms with van der Waals surface area (Å²) in [6.45, 7) is 8.21. The van der Waals surface area contributed by atoms with Gasteiger partial charge in [0, 0.05) is 17.5 Å². The van der Waals surface area contributed by atoms with Gasteiger partial charge in [0.05, 0.1) is 5.69 Å². The summed E-state index contributed by atoms with van der Waals surface area (Å²) in [6, 6.07) is 6.59. The molecule has 1 aromatic carbocycles. The predicted octanol–water partition coefficient (Wildman–Crippen LogP) is 3.54. The molecule has 3 heteroatoms. The van der Waals surface area contributed by atoms with Gasteiger partial charge in [-0.15, -0.1) is 11.3 Å². The van der Waals surface area contributed by atoms with E-state index in [9.17, 15) is 0 Å². The molecule has 1 heterocycles. The van der Waals surface area contributed by atoms with E-state index in [2.05, 4.69) is 54.7 Å². The van der Waals surface area contributed by atoms with E-state index in [0.717, 1.165) is 23.8 Å². The molecule has 0 saturated carbocycles. The van der Waals surface area contributed by atoms with Crippen LogP contribution >= 0.6 is 11.3 Å². The van der Waals surface area contributed by atoms with Gasteiger partial charge in [0.15, 0.2) is 0 Å². The zero-order chi connectivity index (χ0) is 12.3. The third-order valence-electron chi connectivity index (χ3n) is 2.58. The van der Waals surface area contributed by atoms with Crippen LogP contribution in [0.25, 0.3) is 10.6 Å². The van der Waals surface area contributed by atoms with Crippen LogP contribution in [0.2, 0.25) is 0 Å². The molecule has 0 aliphatic rings. The first-order valence-electron chi connectivity index (χ1n) is 5.93. The Bertz CT molecular complexity index is 482. The molecule has 0 amide bonds. The highest BCUT2D eigenvalue weighted by atomic mass is 32.1. The Labute approximate surface area is 107 Å². The van der Waals surface area contributed by atoms with Gasteiger partial charge in [0.2, 0.25) is 0 Å². The summed E-state index contributed by atoms with van der Waals surface area (Å²) in [5.74, 6) is 0. The van der Waals surface area contributed by atoms with Gasteiger partial charge in [0.1, 0.15) is 5.01 Å². The molecule has 0 fully saturated rings. The lowest BCUT2D eigenvalue weighted by molar-refractivity contribution is 0.715. The summed E-state index contributed by atoms with van der Waals surface area (Å²) in [5.41, 5.74) is 4.95. The van der Waals surface area contributed by atoms with Crippen molar-refractivity contribution in [3.05, 3.63) is 40.4 Å². The number of rotatable bonds is 4. The second kappa shape index (κ2) is 5.43. The van der Waals surface area contributed by atoms with Crippen molar-refractivity contribution in [2.75, 3.05) is 6.54 Å². The topological polar surface area (TPSA) is 24.9 Å². The fourth-order valence-corrected chi connectivity index (χ4v) is 2.68. The zero-order valence-corrected chi connectivity index (χ0v) is 11.4. The molecule has 0 aliphatic carbocycles. The average molecular weight is 246 g/mol. The summed E-state index contributed by atoms with van der Waals surface area (Å²) in [6.07, 6.45) is 0. The second-order valence-corrected chi connectivity index (χ2v) is 5.16. The van der Waals surface area contributed by atoms with E-state index in [1.807, 2.05) is 0 Å². The molecular formula is C14H18N2S. The first-order valence-corrected chi connectivity index (χ1v) is 6.81. The van der Waals surface area contributed by atoms with Crippen molar-refractivity contribution in [1.82, 2.24) is 10.3 Å². The van der Waals surface area contributed by atoms with Crippen molar-refractivity contribution in [2.45, 2.75) is 27.3 Å². The lowest BCUT2D eigenvalue weighted by Gasteiger charge is -2.01. The third-order valence-corrected chi connectivity index (χ3v) is 3.52. The fourth-order valence-electron chi connectivity index (χ4n) is 1.87. The van der Waals surface area contributed by atoms with Gasteiger partial charge in [-0.1, -0.05) is 24.1 Å². The number of hydrogen-bond donors (Lipinski definition) is 1. The highest BCUT2D eigenvalue weighted by Gasteiger charge is 2.05. The summed E-state index contributed by atoms with van der Waals surface area (Å²) in [7, 11) is 0. The van der Waals surface area contributed by atoms with Gasteiger partial charge in [-0.05, 0) is 32.5 Å². The lowest BCUT2D eigenvalue weighted by Crippen LogP contribution is -2.11. The number of nitrogens with one attached hydrogen (secondary N) is 1. The number of benzene rings is 1. The van der Waals surface area contributed by atoms with Crippen molar-refractivity contribution >= 4 is 11.3 Å². The van der Waals surface area contributed by atoms with E-state index in [0.29, 0.717) is 0 Å². The van der Waals surface area contributed by atoms with Crippen molar-refractivity contribution in [2.24, 2.45) is 0 Å². The Morgan fingerprint density at radius 1 is 1.18 bits per heavy atom. The Kier molecular flexibility index (Phi) is 3.92. The Morgan fingerprint density at radius 3 is 2.53 bits per heavy atom. The van der Waals surface area contributed by atoms with E-state index in [1.54, 1.807) is 11.3 Å². The normalized spacial score (nSPS) is 10.8. The molecule has 1 N–H and O–H groups in total. The minimum absolute atomic E-state index is 0.859. The van der Waals surface area contributed by atoms with Crippen LogP contribution in [-0.2, 0) is 6.54 Å². The minimum atomic E-state index is 0.859. The zero-order valence-electron chi connectivity index (χ0n) is 10.6. The smallest absolute Gasteiger partial charge is 0.123 e. The van der Waals surface area contributed by atoms with Crippen molar-refractivity contribution in [3.63, 3.8) is 0 Å². The summed E-state index contributed by atoms with van der Waals surface area (Å²) >= 11 is 1.72. The number of aromatic nitrogens is 1. The maximum Gasteiger partial charge on any atom is 0.123 e. The molecule has 2 aromatic rings. The van der Waals surface area contributed by atoms with Crippen LogP contribution in [0.5, 0.6) is 0 Å². The summed E-state index contributed by atoms with van der Waals surface area (Å²) < 4.78 is 0. The summed E-state index contributed by atoms with van der Waals surface area (Å²) in [5, 5.41) is 6.55. The van der Waals surface area contributed by atoms with Gasteiger partial charge in [-0.2, -0.15) is 0 Å². The molecule has 0 bridgehead atoms.